The number of nitrogens with one attached hydrogen (secondary N) is 1. The molecule has 0 bridgehead atoms. The van der Waals surface area contributed by atoms with Crippen molar-refractivity contribution in [1.82, 2.24) is 29.0 Å². The summed E-state index contributed by atoms with van der Waals surface area (Å²) in [7, 11) is -2.36. The fourth-order valence-electron chi connectivity index (χ4n) is 4.02. The molecule has 150 valence electrons. The molecule has 1 aliphatic heterocycles. The topological polar surface area (TPSA) is 96.4 Å². The molecule has 1 saturated heterocycles. The van der Waals surface area contributed by atoms with Crippen LogP contribution in [0.3, 0.4) is 0 Å². The maximum atomic E-state index is 13.4. The second-order valence-electron chi connectivity index (χ2n) is 7.66. The molecule has 5 rings (SSSR count). The highest BCUT2D eigenvalue weighted by Crippen LogP contribution is 2.40. The molecule has 29 heavy (non-hydrogen) atoms. The number of aromatic nitrogens is 5. The summed E-state index contributed by atoms with van der Waals surface area (Å²) < 4.78 is 21.7. The maximum Gasteiger partial charge on any atom is 0.242 e. The molecule has 0 spiro atoms. The van der Waals surface area contributed by atoms with E-state index in [2.05, 4.69) is 29.3 Å². The van der Waals surface area contributed by atoms with E-state index in [9.17, 15) is 4.21 Å². The highest BCUT2D eigenvalue weighted by atomic mass is 32.2. The lowest BCUT2D eigenvalue weighted by molar-refractivity contribution is 0.0864. The van der Waals surface area contributed by atoms with Gasteiger partial charge >= 0.3 is 0 Å². The van der Waals surface area contributed by atoms with Crippen molar-refractivity contribution in [2.24, 2.45) is 4.36 Å². The Morgan fingerprint density at radius 2 is 2.24 bits per heavy atom. The molecular formula is C19H22N8OS. The summed E-state index contributed by atoms with van der Waals surface area (Å²) in [5, 5.41) is 5.67. The van der Waals surface area contributed by atoms with Gasteiger partial charge in [-0.05, 0) is 25.8 Å². The van der Waals surface area contributed by atoms with Gasteiger partial charge in [0.25, 0.3) is 0 Å². The minimum atomic E-state index is -2.36. The third-order valence-electron chi connectivity index (χ3n) is 5.65. The van der Waals surface area contributed by atoms with E-state index in [1.54, 1.807) is 6.20 Å². The minimum Gasteiger partial charge on any atom is -0.346 e. The summed E-state index contributed by atoms with van der Waals surface area (Å²) >= 11 is 0. The molecule has 10 heteroatoms. The maximum absolute atomic E-state index is 13.4. The van der Waals surface area contributed by atoms with Gasteiger partial charge in [-0.25, -0.2) is 29.4 Å². The van der Waals surface area contributed by atoms with Crippen molar-refractivity contribution in [2.45, 2.75) is 30.6 Å². The van der Waals surface area contributed by atoms with Crippen LogP contribution in [0.1, 0.15) is 19.8 Å². The Labute approximate surface area is 169 Å². The van der Waals surface area contributed by atoms with E-state index >= 15 is 0 Å². The molecule has 2 aliphatic rings. The van der Waals surface area contributed by atoms with Crippen LogP contribution in [-0.2, 0) is 15.5 Å². The Morgan fingerprint density at radius 3 is 2.97 bits per heavy atom. The number of nitrogens with zero attached hydrogens (tertiary/aromatic N) is 7. The van der Waals surface area contributed by atoms with Crippen LogP contribution in [-0.4, -0.2) is 64.7 Å². The number of fused-ring (bicyclic) bond motifs is 1. The molecule has 2 fully saturated rings. The fourth-order valence-corrected chi connectivity index (χ4v) is 6.79. The van der Waals surface area contributed by atoms with E-state index in [1.807, 2.05) is 34.4 Å². The molecule has 0 aromatic carbocycles. The number of H-pyrrole nitrogens is 1. The van der Waals surface area contributed by atoms with Gasteiger partial charge in [0.05, 0.1) is 17.1 Å². The largest absolute Gasteiger partial charge is 0.346 e. The molecule has 3 aromatic rings. The summed E-state index contributed by atoms with van der Waals surface area (Å²) in [6.45, 7) is 11.3. The summed E-state index contributed by atoms with van der Waals surface area (Å²) in [4.78, 5) is 15.4. The van der Waals surface area contributed by atoms with Crippen LogP contribution in [0.15, 0.2) is 35.3 Å². The third kappa shape index (κ3) is 2.84. The Morgan fingerprint density at radius 1 is 1.41 bits per heavy atom. The van der Waals surface area contributed by atoms with E-state index in [-0.39, 0.29) is 5.25 Å². The van der Waals surface area contributed by atoms with Gasteiger partial charge in [-0.1, -0.05) is 0 Å². The first-order valence-electron chi connectivity index (χ1n) is 9.73. The average molecular weight is 411 g/mol. The molecule has 0 radical (unpaired) electrons. The minimum absolute atomic E-state index is 0.171. The van der Waals surface area contributed by atoms with Gasteiger partial charge in [0, 0.05) is 43.0 Å². The Kier molecular flexibility index (Phi) is 4.18. The second kappa shape index (κ2) is 6.64. The SMILES string of the molecule is [C-]#[N+]CC1(n2cc(-c3ncnc4[nH]ccc34)cn2)CN([S@](=O)(=NCC)C2CC2)C1. The van der Waals surface area contributed by atoms with Crippen LogP contribution >= 0.6 is 0 Å². The van der Waals surface area contributed by atoms with Gasteiger partial charge in [0.15, 0.2) is 5.54 Å². The normalized spacial score (nSPS) is 20.7. The van der Waals surface area contributed by atoms with Gasteiger partial charge in [0.1, 0.15) is 21.9 Å². The first-order chi connectivity index (χ1) is 14.1. The van der Waals surface area contributed by atoms with Crippen LogP contribution in [0.25, 0.3) is 27.1 Å². The van der Waals surface area contributed by atoms with Gasteiger partial charge < -0.3 is 9.83 Å². The number of hydrogen-bond donors (Lipinski definition) is 1. The lowest BCUT2D eigenvalue weighted by Crippen LogP contribution is -2.66. The number of aromatic amines is 1. The first kappa shape index (κ1) is 18.3. The molecular weight excluding hydrogens is 388 g/mol. The zero-order chi connectivity index (χ0) is 20.1. The highest BCUT2D eigenvalue weighted by molar-refractivity contribution is 7.92. The molecule has 1 atom stereocenters. The average Bonchev–Trinajstić information content (AvgIpc) is 3.24. The lowest BCUT2D eigenvalue weighted by atomic mass is 9.92. The van der Waals surface area contributed by atoms with Crippen LogP contribution in [0, 0.1) is 6.57 Å². The summed E-state index contributed by atoms with van der Waals surface area (Å²) in [5.41, 5.74) is 1.98. The lowest BCUT2D eigenvalue weighted by Gasteiger charge is -2.47. The second-order valence-corrected chi connectivity index (χ2v) is 10.2. The van der Waals surface area contributed by atoms with Crippen molar-refractivity contribution in [3.63, 3.8) is 0 Å². The zero-order valence-electron chi connectivity index (χ0n) is 16.2. The number of rotatable bonds is 6. The molecule has 1 aliphatic carbocycles. The van der Waals surface area contributed by atoms with E-state index in [4.69, 9.17) is 6.57 Å². The van der Waals surface area contributed by atoms with Crippen molar-refractivity contribution in [3.05, 3.63) is 42.4 Å². The van der Waals surface area contributed by atoms with E-state index in [1.165, 1.54) is 6.33 Å². The molecule has 3 aromatic heterocycles. The smallest absolute Gasteiger partial charge is 0.242 e. The number of hydrogen-bond acceptors (Lipinski definition) is 5. The molecule has 1 N–H and O–H groups in total. The van der Waals surface area contributed by atoms with Crippen molar-refractivity contribution in [1.29, 1.82) is 0 Å². The third-order valence-corrected chi connectivity index (χ3v) is 8.62. The van der Waals surface area contributed by atoms with Crippen molar-refractivity contribution < 1.29 is 4.21 Å². The Hall–Kier alpha value is -2.77. The predicted octanol–water partition coefficient (Wildman–Crippen LogP) is 2.32. The predicted molar refractivity (Wildman–Crippen MR) is 110 cm³/mol. The Bertz CT molecular complexity index is 1220. The quantitative estimate of drug-likeness (QED) is 0.631. The summed E-state index contributed by atoms with van der Waals surface area (Å²) in [6, 6.07) is 1.94. The first-order valence-corrected chi connectivity index (χ1v) is 11.3. The Balaban J connectivity index is 1.47. The van der Waals surface area contributed by atoms with Crippen LogP contribution in [0.5, 0.6) is 0 Å². The highest BCUT2D eigenvalue weighted by Gasteiger charge is 2.54. The molecule has 0 unspecified atom stereocenters. The van der Waals surface area contributed by atoms with E-state index in [0.717, 1.165) is 35.1 Å². The zero-order valence-corrected chi connectivity index (χ0v) is 17.0. The summed E-state index contributed by atoms with van der Waals surface area (Å²) in [6.07, 6.45) is 9.03. The van der Waals surface area contributed by atoms with Gasteiger partial charge in [-0.15, -0.1) is 0 Å². The van der Waals surface area contributed by atoms with E-state index < -0.39 is 15.5 Å². The molecule has 9 nitrogen and oxygen atoms in total. The van der Waals surface area contributed by atoms with Gasteiger partial charge in [-0.2, -0.15) is 5.10 Å². The standard InChI is InChI=1S/C19H22N8OS/c1-3-25-29(28,15-4-5-15)26-11-19(12-26,10-20-2)27-9-14(8-24-27)17-16-6-7-21-18(16)23-13-22-17/h6-9,13,15H,3-5,10-12H2,1H3,(H,21,22,23)/t29-/m1/s1. The summed E-state index contributed by atoms with van der Waals surface area (Å²) in [5.74, 6) is 0. The fraction of sp³-hybridized carbons (Fsp3) is 0.474. The van der Waals surface area contributed by atoms with E-state index in [0.29, 0.717) is 26.2 Å². The van der Waals surface area contributed by atoms with Crippen LogP contribution in [0.4, 0.5) is 0 Å². The monoisotopic (exact) mass is 410 g/mol. The van der Waals surface area contributed by atoms with Crippen LogP contribution in [0.2, 0.25) is 0 Å². The van der Waals surface area contributed by atoms with Crippen molar-refractivity contribution in [3.8, 4) is 11.3 Å². The molecule has 0 amide bonds. The molecule has 4 heterocycles. The van der Waals surface area contributed by atoms with Gasteiger partial charge in [-0.3, -0.25) is 4.68 Å². The van der Waals surface area contributed by atoms with Crippen LogP contribution < -0.4 is 0 Å². The molecule has 1 saturated carbocycles. The van der Waals surface area contributed by atoms with Crippen molar-refractivity contribution in [2.75, 3.05) is 26.2 Å². The van der Waals surface area contributed by atoms with Crippen molar-refractivity contribution >= 4 is 20.9 Å². The van der Waals surface area contributed by atoms with Gasteiger partial charge in [0.2, 0.25) is 6.54 Å².